The van der Waals surface area contributed by atoms with Crippen LogP contribution in [0.15, 0.2) is 60.7 Å². The summed E-state index contributed by atoms with van der Waals surface area (Å²) in [6.45, 7) is 0.610. The lowest BCUT2D eigenvalue weighted by Crippen LogP contribution is -2.25. The Hall–Kier alpha value is -5.20. The second-order valence-corrected chi connectivity index (χ2v) is 11.3. The third kappa shape index (κ3) is 9.40. The van der Waals surface area contributed by atoms with Gasteiger partial charge in [0.1, 0.15) is 23.0 Å². The maximum Gasteiger partial charge on any atom is 0.200 e. The maximum absolute atomic E-state index is 10.1. The highest BCUT2D eigenvalue weighted by atomic mass is 16.5. The molecule has 12 nitrogen and oxygen atoms in total. The Balaban J connectivity index is 1.56. The minimum absolute atomic E-state index is 0.0396. The predicted molar refractivity (Wildman–Crippen MR) is 165 cm³/mol. The summed E-state index contributed by atoms with van der Waals surface area (Å²) >= 11 is 0. The van der Waals surface area contributed by atoms with E-state index in [0.717, 1.165) is 0 Å². The largest absolute Gasteiger partial charge is 0.508 e. The van der Waals surface area contributed by atoms with Crippen LogP contribution in [0, 0.1) is 11.8 Å². The van der Waals surface area contributed by atoms with Crippen LogP contribution < -0.4 is 0 Å². The van der Waals surface area contributed by atoms with Gasteiger partial charge >= 0.3 is 0 Å². The number of hydrogen-bond acceptors (Lipinski definition) is 12. The van der Waals surface area contributed by atoms with Crippen molar-refractivity contribution in [1.29, 1.82) is 0 Å². The number of benzene rings is 4. The average Bonchev–Trinajstić information content (AvgIpc) is 2.96. The molecule has 0 saturated heterocycles. The standard InChI is InChI=1S/C34H38O12/c35-25-6-21(7-26(36)14-25)16-45-3-1-2-23(4-19-10-29(39)33(43)30(40)11-19)24(5-20-12-31(41)34(44)32(42)13-20)18-46-17-22-8-27(37)15-28(38)9-22/h6-15,23-24,35-44H,1-5,16-18H2/t23-,24+/m0/s1. The van der Waals surface area contributed by atoms with Crippen molar-refractivity contribution >= 4 is 0 Å². The monoisotopic (exact) mass is 638 g/mol. The van der Waals surface area contributed by atoms with Gasteiger partial charge < -0.3 is 60.5 Å². The molecule has 0 radical (unpaired) electrons. The van der Waals surface area contributed by atoms with Crippen LogP contribution in [0.2, 0.25) is 0 Å². The third-order valence-electron chi connectivity index (χ3n) is 7.58. The van der Waals surface area contributed by atoms with Gasteiger partial charge in [-0.1, -0.05) is 0 Å². The van der Waals surface area contributed by atoms with E-state index >= 15 is 0 Å². The van der Waals surface area contributed by atoms with Gasteiger partial charge in [-0.15, -0.1) is 0 Å². The first-order chi connectivity index (χ1) is 21.9. The van der Waals surface area contributed by atoms with E-state index in [1.165, 1.54) is 60.7 Å². The molecule has 0 amide bonds. The number of aromatic hydroxyl groups is 10. The van der Waals surface area contributed by atoms with Crippen molar-refractivity contribution in [2.45, 2.75) is 38.9 Å². The van der Waals surface area contributed by atoms with Crippen molar-refractivity contribution in [3.8, 4) is 57.5 Å². The average molecular weight is 639 g/mol. The second kappa shape index (κ2) is 15.2. The van der Waals surface area contributed by atoms with Gasteiger partial charge in [-0.3, -0.25) is 0 Å². The van der Waals surface area contributed by atoms with Crippen molar-refractivity contribution in [3.05, 3.63) is 82.9 Å². The first-order valence-electron chi connectivity index (χ1n) is 14.5. The highest BCUT2D eigenvalue weighted by molar-refractivity contribution is 5.52. The molecular weight excluding hydrogens is 600 g/mol. The molecule has 0 aliphatic heterocycles. The highest BCUT2D eigenvalue weighted by Crippen LogP contribution is 2.39. The minimum atomic E-state index is -0.649. The summed E-state index contributed by atoms with van der Waals surface area (Å²) in [7, 11) is 0. The van der Waals surface area contributed by atoms with Crippen molar-refractivity contribution in [2.24, 2.45) is 11.8 Å². The Morgan fingerprint density at radius 1 is 0.435 bits per heavy atom. The summed E-state index contributed by atoms with van der Waals surface area (Å²) < 4.78 is 11.8. The Kier molecular flexibility index (Phi) is 11.1. The molecule has 46 heavy (non-hydrogen) atoms. The first kappa shape index (κ1) is 33.7. The normalized spacial score (nSPS) is 12.6. The van der Waals surface area contributed by atoms with Crippen LogP contribution in [-0.2, 0) is 35.5 Å². The topological polar surface area (TPSA) is 221 Å². The van der Waals surface area contributed by atoms with Crippen LogP contribution in [0.5, 0.6) is 57.5 Å². The van der Waals surface area contributed by atoms with E-state index < -0.39 is 34.5 Å². The summed E-state index contributed by atoms with van der Waals surface area (Å²) in [5.74, 6) is -4.26. The summed E-state index contributed by atoms with van der Waals surface area (Å²) in [5, 5.41) is 99.5. The molecule has 0 fully saturated rings. The second-order valence-electron chi connectivity index (χ2n) is 11.3. The molecule has 0 spiro atoms. The van der Waals surface area contributed by atoms with Gasteiger partial charge in [0.2, 0.25) is 0 Å². The van der Waals surface area contributed by atoms with E-state index in [2.05, 4.69) is 0 Å². The quantitative estimate of drug-likeness (QED) is 0.0616. The van der Waals surface area contributed by atoms with Crippen LogP contribution >= 0.6 is 0 Å². The van der Waals surface area contributed by atoms with E-state index in [4.69, 9.17) is 9.47 Å². The van der Waals surface area contributed by atoms with Gasteiger partial charge in [-0.2, -0.15) is 0 Å². The molecule has 0 aliphatic rings. The van der Waals surface area contributed by atoms with Gasteiger partial charge in [0.15, 0.2) is 34.5 Å². The van der Waals surface area contributed by atoms with Crippen molar-refractivity contribution in [2.75, 3.05) is 13.2 Å². The summed E-state index contributed by atoms with van der Waals surface area (Å²) in [6.07, 6.45) is 1.63. The number of phenolic OH excluding ortho intramolecular Hbond substituents is 10. The molecule has 0 saturated carbocycles. The van der Waals surface area contributed by atoms with Crippen LogP contribution in [-0.4, -0.2) is 64.3 Å². The molecule has 0 aromatic heterocycles. The molecule has 0 heterocycles. The Labute approximate surface area is 264 Å². The van der Waals surface area contributed by atoms with Gasteiger partial charge in [0, 0.05) is 18.7 Å². The van der Waals surface area contributed by atoms with E-state index in [0.29, 0.717) is 48.1 Å². The molecule has 12 heteroatoms. The summed E-state index contributed by atoms with van der Waals surface area (Å²) in [6, 6.07) is 13.6. The van der Waals surface area contributed by atoms with E-state index in [1.807, 2.05) is 0 Å². The Morgan fingerprint density at radius 3 is 1.26 bits per heavy atom. The lowest BCUT2D eigenvalue weighted by molar-refractivity contribution is 0.0578. The summed E-state index contributed by atoms with van der Waals surface area (Å²) in [4.78, 5) is 0. The van der Waals surface area contributed by atoms with E-state index in [1.54, 1.807) is 0 Å². The third-order valence-corrected chi connectivity index (χ3v) is 7.58. The van der Waals surface area contributed by atoms with Gasteiger partial charge in [-0.05, 0) is 108 Å². The van der Waals surface area contributed by atoms with E-state index in [9.17, 15) is 51.1 Å². The summed E-state index contributed by atoms with van der Waals surface area (Å²) in [5.41, 5.74) is 2.12. The molecular formula is C34H38O12. The van der Waals surface area contributed by atoms with Crippen LogP contribution in [0.4, 0.5) is 0 Å². The number of hydrogen-bond donors (Lipinski definition) is 10. The smallest absolute Gasteiger partial charge is 0.200 e. The molecule has 0 aliphatic carbocycles. The Bertz CT molecular complexity index is 1550. The molecule has 4 aromatic carbocycles. The zero-order valence-corrected chi connectivity index (χ0v) is 24.9. The zero-order valence-electron chi connectivity index (χ0n) is 24.9. The minimum Gasteiger partial charge on any atom is -0.508 e. The highest BCUT2D eigenvalue weighted by Gasteiger charge is 2.25. The zero-order chi connectivity index (χ0) is 33.4. The molecule has 4 aromatic rings. The number of rotatable bonds is 15. The van der Waals surface area contributed by atoms with Gasteiger partial charge in [0.05, 0.1) is 19.8 Å². The van der Waals surface area contributed by atoms with Crippen molar-refractivity contribution < 1.29 is 60.5 Å². The fourth-order valence-electron chi connectivity index (χ4n) is 5.47. The molecule has 0 unspecified atom stereocenters. The SMILES string of the molecule is Oc1cc(O)cc(COCCC[C@@H](Cc2cc(O)c(O)c(O)c2)[C@@H](COCc2cc(O)cc(O)c2)Cc2cc(O)c(O)c(O)c2)c1. The Morgan fingerprint density at radius 2 is 0.826 bits per heavy atom. The molecule has 0 bridgehead atoms. The maximum atomic E-state index is 10.1. The molecule has 4 rings (SSSR count). The van der Waals surface area contributed by atoms with Crippen LogP contribution in [0.3, 0.4) is 0 Å². The van der Waals surface area contributed by atoms with Gasteiger partial charge in [-0.25, -0.2) is 0 Å². The fraction of sp³-hybridized carbons (Fsp3) is 0.294. The lowest BCUT2D eigenvalue weighted by atomic mass is 9.80. The van der Waals surface area contributed by atoms with Gasteiger partial charge in [0.25, 0.3) is 0 Å². The fourth-order valence-corrected chi connectivity index (χ4v) is 5.47. The van der Waals surface area contributed by atoms with Crippen molar-refractivity contribution in [3.63, 3.8) is 0 Å². The van der Waals surface area contributed by atoms with Crippen LogP contribution in [0.1, 0.15) is 35.1 Å². The first-order valence-corrected chi connectivity index (χ1v) is 14.5. The van der Waals surface area contributed by atoms with Crippen molar-refractivity contribution in [1.82, 2.24) is 0 Å². The molecule has 10 N–H and O–H groups in total. The molecule has 2 atom stereocenters. The predicted octanol–water partition coefficient (Wildman–Crippen LogP) is 4.97. The number of phenols is 10. The van der Waals surface area contributed by atoms with E-state index in [-0.39, 0.29) is 61.1 Å². The number of ether oxygens (including phenoxy) is 2. The lowest BCUT2D eigenvalue weighted by Gasteiger charge is -2.28. The van der Waals surface area contributed by atoms with Crippen LogP contribution in [0.25, 0.3) is 0 Å². The molecule has 246 valence electrons.